The van der Waals surface area contributed by atoms with Gasteiger partial charge in [-0.25, -0.2) is 8.42 Å². The van der Waals surface area contributed by atoms with Gasteiger partial charge in [0, 0.05) is 18.7 Å². The minimum Gasteiger partial charge on any atom is -0.311 e. The number of carbonyl (C=O) groups excluding carboxylic acids is 1. The normalized spacial score (nSPS) is 12.1. The highest BCUT2D eigenvalue weighted by Crippen LogP contribution is 2.32. The Morgan fingerprint density at radius 1 is 1.09 bits per heavy atom. The Labute approximate surface area is 217 Å². The van der Waals surface area contributed by atoms with Crippen molar-refractivity contribution in [3.8, 4) is 0 Å². The molecule has 0 N–H and O–H groups in total. The summed E-state index contributed by atoms with van der Waals surface area (Å²) in [5.74, 6) is -0.504. The number of amides is 1. The van der Waals surface area contributed by atoms with E-state index in [1.54, 1.807) is 47.9 Å². The predicted molar refractivity (Wildman–Crippen MR) is 143 cm³/mol. The number of rotatable bonds is 7. The van der Waals surface area contributed by atoms with Gasteiger partial charge < -0.3 is 4.57 Å². The fourth-order valence-electron chi connectivity index (χ4n) is 3.62. The number of para-hydroxylation sites is 1. The Bertz CT molecular complexity index is 1580. The van der Waals surface area contributed by atoms with Crippen LogP contribution < -0.4 is 9.11 Å². The molecular formula is C25H21Cl2N3O3S2. The highest BCUT2D eigenvalue weighted by atomic mass is 35.5. The molecule has 0 bridgehead atoms. The van der Waals surface area contributed by atoms with E-state index in [2.05, 4.69) is 11.6 Å². The van der Waals surface area contributed by atoms with Crippen molar-refractivity contribution < 1.29 is 13.2 Å². The third kappa shape index (κ3) is 4.92. The molecule has 0 aliphatic rings. The van der Waals surface area contributed by atoms with Crippen LogP contribution in [0.2, 0.25) is 10.0 Å². The zero-order valence-corrected chi connectivity index (χ0v) is 21.8. The first-order chi connectivity index (χ1) is 16.8. The summed E-state index contributed by atoms with van der Waals surface area (Å²) in [5, 5.41) is 0.783. The minimum absolute atomic E-state index is 0.0877. The lowest BCUT2D eigenvalue weighted by Gasteiger charge is -2.22. The van der Waals surface area contributed by atoms with Crippen LogP contribution in [0, 0.1) is 0 Å². The van der Waals surface area contributed by atoms with Crippen molar-refractivity contribution in [2.45, 2.75) is 18.4 Å². The average molecular weight is 547 g/mol. The van der Waals surface area contributed by atoms with Gasteiger partial charge in [0.05, 0.1) is 30.8 Å². The largest absolute Gasteiger partial charge is 0.311 e. The van der Waals surface area contributed by atoms with Gasteiger partial charge >= 0.3 is 0 Å². The third-order valence-electron chi connectivity index (χ3n) is 5.26. The van der Waals surface area contributed by atoms with Gasteiger partial charge in [-0.05, 0) is 55.5 Å². The Hall–Kier alpha value is -2.91. The molecule has 0 fully saturated rings. The second-order valence-corrected chi connectivity index (χ2v) is 11.1. The summed E-state index contributed by atoms with van der Waals surface area (Å²) in [6.45, 7) is 6.19. The van der Waals surface area contributed by atoms with Crippen molar-refractivity contribution in [3.63, 3.8) is 0 Å². The number of sulfonamides is 1. The molecule has 6 nitrogen and oxygen atoms in total. The Kier molecular flexibility index (Phi) is 7.47. The molecule has 3 aromatic carbocycles. The Morgan fingerprint density at radius 2 is 1.77 bits per heavy atom. The first kappa shape index (κ1) is 25.2. The molecule has 0 aliphatic carbocycles. The summed E-state index contributed by atoms with van der Waals surface area (Å²) in [6, 6.07) is 18.2. The van der Waals surface area contributed by atoms with Crippen molar-refractivity contribution >= 4 is 66.4 Å². The number of aromatic nitrogens is 1. The average Bonchev–Trinajstić information content (AvgIpc) is 3.20. The molecule has 0 atom stereocenters. The molecule has 0 saturated carbocycles. The summed E-state index contributed by atoms with van der Waals surface area (Å²) >= 11 is 13.9. The first-order valence-electron chi connectivity index (χ1n) is 10.6. The van der Waals surface area contributed by atoms with Crippen LogP contribution in [0.25, 0.3) is 10.2 Å². The van der Waals surface area contributed by atoms with Crippen LogP contribution in [0.3, 0.4) is 0 Å². The van der Waals surface area contributed by atoms with Crippen LogP contribution >= 0.6 is 34.5 Å². The lowest BCUT2D eigenvalue weighted by Crippen LogP contribution is -2.30. The lowest BCUT2D eigenvalue weighted by molar-refractivity contribution is 0.0998. The fraction of sp³-hybridized carbons (Fsp3) is 0.120. The molecule has 1 heterocycles. The lowest BCUT2D eigenvalue weighted by atomic mass is 10.2. The summed E-state index contributed by atoms with van der Waals surface area (Å²) in [4.78, 5) is 17.8. The number of carbonyl (C=O) groups is 1. The SMILES string of the molecule is C=CCn1c(=NC(=O)c2ccc(S(=O)(=O)N(CC)c3ccccc3)cc2)sc2ccc(Cl)c(Cl)c21. The molecule has 0 unspecified atom stereocenters. The molecule has 1 amide bonds. The van der Waals surface area contributed by atoms with E-state index in [1.807, 2.05) is 12.1 Å². The molecule has 4 aromatic rings. The van der Waals surface area contributed by atoms with Crippen LogP contribution in [0.4, 0.5) is 5.69 Å². The van der Waals surface area contributed by atoms with E-state index >= 15 is 0 Å². The zero-order chi connectivity index (χ0) is 25.2. The first-order valence-corrected chi connectivity index (χ1v) is 13.6. The molecule has 0 radical (unpaired) electrons. The molecule has 1 aromatic heterocycles. The molecule has 0 aliphatic heterocycles. The van der Waals surface area contributed by atoms with Gasteiger partial charge in [0.15, 0.2) is 4.80 Å². The number of thiazole rings is 1. The highest BCUT2D eigenvalue weighted by Gasteiger charge is 2.23. The van der Waals surface area contributed by atoms with Crippen molar-refractivity contribution in [2.75, 3.05) is 10.8 Å². The van der Waals surface area contributed by atoms with Gasteiger partial charge in [-0.2, -0.15) is 4.99 Å². The van der Waals surface area contributed by atoms with Gasteiger partial charge in [-0.3, -0.25) is 9.10 Å². The second-order valence-electron chi connectivity index (χ2n) is 7.44. The minimum atomic E-state index is -3.79. The number of allylic oxidation sites excluding steroid dienone is 1. The van der Waals surface area contributed by atoms with E-state index in [0.717, 1.165) is 4.70 Å². The number of hydrogen-bond donors (Lipinski definition) is 0. The maximum atomic E-state index is 13.2. The van der Waals surface area contributed by atoms with Crippen LogP contribution in [-0.2, 0) is 16.6 Å². The van der Waals surface area contributed by atoms with Gasteiger partial charge in [0.25, 0.3) is 15.9 Å². The number of fused-ring (bicyclic) bond motifs is 1. The molecular weight excluding hydrogens is 525 g/mol. The molecule has 0 saturated heterocycles. The Morgan fingerprint density at radius 3 is 2.40 bits per heavy atom. The van der Waals surface area contributed by atoms with E-state index < -0.39 is 15.9 Å². The second kappa shape index (κ2) is 10.4. The summed E-state index contributed by atoms with van der Waals surface area (Å²) in [5.41, 5.74) is 1.51. The monoisotopic (exact) mass is 545 g/mol. The van der Waals surface area contributed by atoms with E-state index in [9.17, 15) is 13.2 Å². The van der Waals surface area contributed by atoms with E-state index in [1.165, 1.54) is 39.9 Å². The summed E-state index contributed by atoms with van der Waals surface area (Å²) in [7, 11) is -3.79. The Balaban J connectivity index is 1.70. The number of halogens is 2. The quantitative estimate of drug-likeness (QED) is 0.261. The van der Waals surface area contributed by atoms with E-state index in [4.69, 9.17) is 23.2 Å². The van der Waals surface area contributed by atoms with Gasteiger partial charge in [-0.1, -0.05) is 58.8 Å². The topological polar surface area (TPSA) is 71.7 Å². The molecule has 180 valence electrons. The van der Waals surface area contributed by atoms with Crippen LogP contribution in [0.15, 0.2) is 89.3 Å². The number of benzene rings is 3. The van der Waals surface area contributed by atoms with Crippen molar-refractivity contribution in [2.24, 2.45) is 4.99 Å². The number of anilines is 1. The number of hydrogen-bond acceptors (Lipinski definition) is 4. The number of nitrogens with zero attached hydrogens (tertiary/aromatic N) is 3. The zero-order valence-electron chi connectivity index (χ0n) is 18.7. The summed E-state index contributed by atoms with van der Waals surface area (Å²) < 4.78 is 30.3. The fourth-order valence-corrected chi connectivity index (χ4v) is 6.62. The van der Waals surface area contributed by atoms with Crippen LogP contribution in [0.1, 0.15) is 17.3 Å². The van der Waals surface area contributed by atoms with E-state index in [-0.39, 0.29) is 17.0 Å². The predicted octanol–water partition coefficient (Wildman–Crippen LogP) is 6.15. The van der Waals surface area contributed by atoms with Crippen molar-refractivity contribution in [3.05, 3.63) is 99.8 Å². The molecule has 10 heteroatoms. The maximum absolute atomic E-state index is 13.2. The highest BCUT2D eigenvalue weighted by molar-refractivity contribution is 7.92. The summed E-state index contributed by atoms with van der Waals surface area (Å²) in [6.07, 6.45) is 1.68. The smallest absolute Gasteiger partial charge is 0.279 e. The maximum Gasteiger partial charge on any atom is 0.279 e. The van der Waals surface area contributed by atoms with Crippen LogP contribution in [0.5, 0.6) is 0 Å². The molecule has 35 heavy (non-hydrogen) atoms. The molecule has 0 spiro atoms. The standard InChI is InChI=1S/C25H21Cl2N3O3S2/c1-3-16-29-23-21(15-14-20(26)22(23)27)34-25(29)28-24(31)17-10-12-19(13-11-17)35(32,33)30(4-2)18-8-6-5-7-9-18/h3,5-15H,1,4,16H2,2H3. The van der Waals surface area contributed by atoms with Gasteiger partial charge in [0.1, 0.15) is 0 Å². The van der Waals surface area contributed by atoms with Crippen molar-refractivity contribution in [1.82, 2.24) is 4.57 Å². The third-order valence-corrected chi connectivity index (χ3v) is 9.02. The van der Waals surface area contributed by atoms with Crippen LogP contribution in [-0.4, -0.2) is 25.4 Å². The van der Waals surface area contributed by atoms with Gasteiger partial charge in [-0.15, -0.1) is 6.58 Å². The van der Waals surface area contributed by atoms with E-state index in [0.29, 0.717) is 32.6 Å². The van der Waals surface area contributed by atoms with Crippen molar-refractivity contribution in [1.29, 1.82) is 0 Å². The van der Waals surface area contributed by atoms with Gasteiger partial charge in [0.2, 0.25) is 0 Å². The molecule has 4 rings (SSSR count).